The Labute approximate surface area is 105 Å². The summed E-state index contributed by atoms with van der Waals surface area (Å²) < 4.78 is 10.5. The molecule has 0 unspecified atom stereocenters. The largest absolute Gasteiger partial charge is 0.497 e. The number of benzene rings is 1. The van der Waals surface area contributed by atoms with Gasteiger partial charge in [-0.1, -0.05) is 0 Å². The number of carboxylic acid groups (broad SMARTS) is 1. The van der Waals surface area contributed by atoms with Gasteiger partial charge in [-0.2, -0.15) is 0 Å². The molecule has 0 fully saturated rings. The molecule has 0 saturated carbocycles. The third-order valence-corrected chi connectivity index (χ3v) is 2.86. The van der Waals surface area contributed by atoms with Crippen molar-refractivity contribution >= 4 is 11.7 Å². The van der Waals surface area contributed by atoms with Crippen LogP contribution in [-0.2, 0) is 11.2 Å². The highest BCUT2D eigenvalue weighted by Crippen LogP contribution is 2.35. The number of nitrogens with one attached hydrogen (secondary N) is 1. The Bertz CT molecular complexity index is 491. The van der Waals surface area contributed by atoms with Crippen molar-refractivity contribution in [3.63, 3.8) is 0 Å². The van der Waals surface area contributed by atoms with E-state index in [2.05, 4.69) is 5.32 Å². The molecule has 18 heavy (non-hydrogen) atoms. The van der Waals surface area contributed by atoms with Crippen molar-refractivity contribution in [1.82, 2.24) is 5.32 Å². The van der Waals surface area contributed by atoms with Gasteiger partial charge in [0.1, 0.15) is 11.5 Å². The maximum absolute atomic E-state index is 10.8. The van der Waals surface area contributed by atoms with Crippen LogP contribution in [0.2, 0.25) is 0 Å². The monoisotopic (exact) mass is 249 g/mol. The number of fused-ring (bicyclic) bond motifs is 1. The summed E-state index contributed by atoms with van der Waals surface area (Å²) in [5.74, 6) is 0.342. The van der Waals surface area contributed by atoms with Gasteiger partial charge in [-0.3, -0.25) is 0 Å². The van der Waals surface area contributed by atoms with Crippen molar-refractivity contribution in [1.29, 1.82) is 0 Å². The smallest absolute Gasteiger partial charge is 0.330 e. The van der Waals surface area contributed by atoms with Crippen LogP contribution in [0.1, 0.15) is 11.1 Å². The third-order valence-electron chi connectivity index (χ3n) is 2.86. The van der Waals surface area contributed by atoms with Crippen LogP contribution >= 0.6 is 0 Å². The summed E-state index contributed by atoms with van der Waals surface area (Å²) in [6.45, 7) is 0.697. The molecule has 1 aliphatic heterocycles. The Morgan fingerprint density at radius 1 is 1.39 bits per heavy atom. The van der Waals surface area contributed by atoms with Gasteiger partial charge in [0, 0.05) is 24.3 Å². The van der Waals surface area contributed by atoms with Gasteiger partial charge >= 0.3 is 5.97 Å². The number of methoxy groups -OCH3 is 2. The maximum Gasteiger partial charge on any atom is 0.330 e. The molecule has 0 amide bonds. The molecule has 5 heteroatoms. The van der Waals surface area contributed by atoms with Gasteiger partial charge in [-0.05, 0) is 18.1 Å². The van der Waals surface area contributed by atoms with E-state index in [1.807, 2.05) is 6.07 Å². The average molecular weight is 249 g/mol. The molecule has 2 rings (SSSR count). The fraction of sp³-hybridized carbons (Fsp3) is 0.308. The molecule has 1 aromatic rings. The number of hydrogen-bond donors (Lipinski definition) is 2. The summed E-state index contributed by atoms with van der Waals surface area (Å²) in [6, 6.07) is 3.66. The van der Waals surface area contributed by atoms with Crippen molar-refractivity contribution in [2.75, 3.05) is 20.8 Å². The molecule has 0 spiro atoms. The lowest BCUT2D eigenvalue weighted by Gasteiger charge is -2.23. The number of hydrogen-bond acceptors (Lipinski definition) is 4. The molecular weight excluding hydrogens is 234 g/mol. The van der Waals surface area contributed by atoms with Crippen LogP contribution in [0.3, 0.4) is 0 Å². The molecule has 96 valence electrons. The van der Waals surface area contributed by atoms with Gasteiger partial charge in [0.2, 0.25) is 0 Å². The summed E-state index contributed by atoms with van der Waals surface area (Å²) in [7, 11) is 3.15. The maximum atomic E-state index is 10.8. The van der Waals surface area contributed by atoms with Gasteiger partial charge in [-0.15, -0.1) is 0 Å². The highest BCUT2D eigenvalue weighted by Gasteiger charge is 2.20. The zero-order chi connectivity index (χ0) is 13.1. The van der Waals surface area contributed by atoms with E-state index >= 15 is 0 Å². The standard InChI is InChI=1S/C13H15NO4/c1-17-9-5-8-3-4-14-10(7-12(15)16)13(8)11(6-9)18-2/h5-7,14H,3-4H2,1-2H3,(H,15,16). The van der Waals surface area contributed by atoms with Crippen LogP contribution in [0, 0.1) is 0 Å². The minimum atomic E-state index is -0.983. The zero-order valence-corrected chi connectivity index (χ0v) is 10.3. The van der Waals surface area contributed by atoms with Crippen LogP contribution in [0.5, 0.6) is 11.5 Å². The van der Waals surface area contributed by atoms with E-state index in [0.29, 0.717) is 23.7 Å². The number of aliphatic carboxylic acids is 1. The molecule has 1 aromatic carbocycles. The summed E-state index contributed by atoms with van der Waals surface area (Å²) in [5.41, 5.74) is 2.40. The lowest BCUT2D eigenvalue weighted by molar-refractivity contribution is -0.131. The van der Waals surface area contributed by atoms with E-state index in [1.54, 1.807) is 20.3 Å². The van der Waals surface area contributed by atoms with E-state index < -0.39 is 5.97 Å². The summed E-state index contributed by atoms with van der Waals surface area (Å²) in [6.07, 6.45) is 1.97. The van der Waals surface area contributed by atoms with Gasteiger partial charge in [0.25, 0.3) is 0 Å². The molecule has 5 nitrogen and oxygen atoms in total. The number of rotatable bonds is 3. The fourth-order valence-corrected chi connectivity index (χ4v) is 2.09. The van der Waals surface area contributed by atoms with Crippen LogP contribution in [0.4, 0.5) is 0 Å². The second-order valence-electron chi connectivity index (χ2n) is 3.94. The van der Waals surface area contributed by atoms with Crippen molar-refractivity contribution in [2.45, 2.75) is 6.42 Å². The molecule has 0 radical (unpaired) electrons. The second-order valence-corrected chi connectivity index (χ2v) is 3.94. The van der Waals surface area contributed by atoms with Crippen LogP contribution in [-0.4, -0.2) is 31.8 Å². The van der Waals surface area contributed by atoms with Gasteiger partial charge in [-0.25, -0.2) is 4.79 Å². The number of ether oxygens (including phenoxy) is 2. The van der Waals surface area contributed by atoms with Crippen molar-refractivity contribution in [3.05, 3.63) is 29.3 Å². The Morgan fingerprint density at radius 2 is 2.17 bits per heavy atom. The summed E-state index contributed by atoms with van der Waals surface area (Å²) in [5, 5.41) is 12.0. The first-order valence-corrected chi connectivity index (χ1v) is 5.59. The van der Waals surface area contributed by atoms with Crippen molar-refractivity contribution < 1.29 is 19.4 Å². The molecule has 0 saturated heterocycles. The minimum Gasteiger partial charge on any atom is -0.497 e. The summed E-state index contributed by atoms with van der Waals surface area (Å²) >= 11 is 0. The number of carbonyl (C=O) groups is 1. The van der Waals surface area contributed by atoms with E-state index in [9.17, 15) is 4.79 Å². The van der Waals surface area contributed by atoms with E-state index in [1.165, 1.54) is 0 Å². The van der Waals surface area contributed by atoms with Gasteiger partial charge in [0.05, 0.1) is 19.9 Å². The molecule has 0 aliphatic carbocycles. The van der Waals surface area contributed by atoms with E-state index in [4.69, 9.17) is 14.6 Å². The van der Waals surface area contributed by atoms with Crippen LogP contribution < -0.4 is 14.8 Å². The Hall–Kier alpha value is -2.17. The molecule has 0 atom stereocenters. The lowest BCUT2D eigenvalue weighted by atomic mass is 9.96. The first kappa shape index (κ1) is 12.3. The highest BCUT2D eigenvalue weighted by atomic mass is 16.5. The molecule has 0 bridgehead atoms. The Balaban J connectivity index is 2.58. The second kappa shape index (κ2) is 5.00. The SMILES string of the molecule is COc1cc2c(c(OC)c1)C(=CC(=O)O)NCC2. The Kier molecular flexibility index (Phi) is 3.41. The predicted octanol–water partition coefficient (Wildman–Crippen LogP) is 1.27. The van der Waals surface area contributed by atoms with Crippen LogP contribution in [0.15, 0.2) is 18.2 Å². The van der Waals surface area contributed by atoms with Crippen LogP contribution in [0.25, 0.3) is 5.70 Å². The minimum absolute atomic E-state index is 0.572. The molecule has 0 aromatic heterocycles. The van der Waals surface area contributed by atoms with E-state index in [-0.39, 0.29) is 0 Å². The summed E-state index contributed by atoms with van der Waals surface area (Å²) in [4.78, 5) is 10.8. The zero-order valence-electron chi connectivity index (χ0n) is 10.3. The average Bonchev–Trinajstić information content (AvgIpc) is 2.36. The first-order valence-electron chi connectivity index (χ1n) is 5.59. The molecule has 1 aliphatic rings. The van der Waals surface area contributed by atoms with Gasteiger partial charge < -0.3 is 19.9 Å². The highest BCUT2D eigenvalue weighted by molar-refractivity contribution is 5.91. The topological polar surface area (TPSA) is 67.8 Å². The van der Waals surface area contributed by atoms with Crippen molar-refractivity contribution in [3.8, 4) is 11.5 Å². The van der Waals surface area contributed by atoms with Gasteiger partial charge in [0.15, 0.2) is 0 Å². The normalized spacial score (nSPS) is 15.8. The lowest BCUT2D eigenvalue weighted by Crippen LogP contribution is -2.24. The molecular formula is C13H15NO4. The first-order chi connectivity index (χ1) is 8.65. The Morgan fingerprint density at radius 3 is 2.78 bits per heavy atom. The number of carboxylic acids is 1. The fourth-order valence-electron chi connectivity index (χ4n) is 2.09. The molecule has 1 heterocycles. The third kappa shape index (κ3) is 2.25. The predicted molar refractivity (Wildman–Crippen MR) is 66.9 cm³/mol. The molecule has 2 N–H and O–H groups in total. The quantitative estimate of drug-likeness (QED) is 0.790. The van der Waals surface area contributed by atoms with Crippen molar-refractivity contribution in [2.24, 2.45) is 0 Å². The van der Waals surface area contributed by atoms with E-state index in [0.717, 1.165) is 23.6 Å².